The lowest BCUT2D eigenvalue weighted by Crippen LogP contribution is -2.47. The van der Waals surface area contributed by atoms with E-state index in [1.807, 2.05) is 24.3 Å². The maximum absolute atomic E-state index is 12.2. The van der Waals surface area contributed by atoms with Gasteiger partial charge in [0.2, 0.25) is 5.91 Å². The van der Waals surface area contributed by atoms with Gasteiger partial charge in [0.15, 0.2) is 0 Å². The number of carbonyl (C=O) groups excluding carboxylic acids is 1. The highest BCUT2D eigenvalue weighted by Crippen LogP contribution is 2.20. The fourth-order valence-electron chi connectivity index (χ4n) is 2.60. The fourth-order valence-corrected chi connectivity index (χ4v) is 2.98. The lowest BCUT2D eigenvalue weighted by Gasteiger charge is -2.33. The summed E-state index contributed by atoms with van der Waals surface area (Å²) in [6.07, 6.45) is 3.19. The van der Waals surface area contributed by atoms with E-state index in [1.165, 1.54) is 4.90 Å². The topological polar surface area (TPSA) is 66.8 Å². The molecule has 1 heterocycles. The molecule has 1 atom stereocenters. The van der Waals surface area contributed by atoms with Gasteiger partial charge in [-0.25, -0.2) is 4.79 Å². The number of carboxylic acid groups (broad SMARTS) is 1. The molecule has 5 nitrogen and oxygen atoms in total. The molecule has 0 bridgehead atoms. The number of aliphatic carboxylic acids is 1. The zero-order chi connectivity index (χ0) is 15.9. The summed E-state index contributed by atoms with van der Waals surface area (Å²) in [5.41, 5.74) is 0. The van der Waals surface area contributed by atoms with Crippen LogP contribution in [0.5, 0.6) is 5.75 Å². The highest BCUT2D eigenvalue weighted by Gasteiger charge is 2.31. The van der Waals surface area contributed by atoms with E-state index in [0.717, 1.165) is 23.1 Å². The van der Waals surface area contributed by atoms with Crippen LogP contribution < -0.4 is 4.74 Å². The molecule has 1 aromatic carbocycles. The lowest BCUT2D eigenvalue weighted by atomic mass is 10.0. The van der Waals surface area contributed by atoms with Gasteiger partial charge in [0.05, 0.1) is 6.61 Å². The van der Waals surface area contributed by atoms with Crippen LogP contribution in [-0.4, -0.2) is 41.1 Å². The van der Waals surface area contributed by atoms with E-state index in [2.05, 4.69) is 15.9 Å². The molecule has 0 aliphatic carbocycles. The Hall–Kier alpha value is -1.56. The Labute approximate surface area is 138 Å². The summed E-state index contributed by atoms with van der Waals surface area (Å²) in [6, 6.07) is 6.87. The summed E-state index contributed by atoms with van der Waals surface area (Å²) in [5, 5.41) is 9.18. The summed E-state index contributed by atoms with van der Waals surface area (Å²) in [5.74, 6) is -0.244. The maximum Gasteiger partial charge on any atom is 0.326 e. The predicted octanol–water partition coefficient (Wildman–Crippen LogP) is 3.07. The minimum absolute atomic E-state index is 0.0926. The first-order valence-corrected chi connectivity index (χ1v) is 8.28. The van der Waals surface area contributed by atoms with Gasteiger partial charge in [-0.1, -0.05) is 22.0 Å². The van der Waals surface area contributed by atoms with Gasteiger partial charge in [-0.15, -0.1) is 0 Å². The average molecular weight is 370 g/mol. The van der Waals surface area contributed by atoms with Crippen molar-refractivity contribution >= 4 is 27.8 Å². The second-order valence-electron chi connectivity index (χ2n) is 5.35. The number of hydrogen-bond acceptors (Lipinski definition) is 3. The molecule has 1 aliphatic rings. The quantitative estimate of drug-likeness (QED) is 0.782. The molecule has 2 rings (SSSR count). The molecule has 120 valence electrons. The van der Waals surface area contributed by atoms with Crippen LogP contribution in [0.2, 0.25) is 0 Å². The SMILES string of the molecule is O=C(O)C1CCCCN1C(=O)CCCOc1cccc(Br)c1. The van der Waals surface area contributed by atoms with Crippen molar-refractivity contribution in [1.29, 1.82) is 0 Å². The van der Waals surface area contributed by atoms with Crippen LogP contribution >= 0.6 is 15.9 Å². The Kier molecular flexibility index (Phi) is 6.24. The normalized spacial score (nSPS) is 18.0. The number of hydrogen-bond donors (Lipinski definition) is 1. The van der Waals surface area contributed by atoms with Gasteiger partial charge in [0.25, 0.3) is 0 Å². The van der Waals surface area contributed by atoms with Gasteiger partial charge >= 0.3 is 5.97 Å². The number of benzene rings is 1. The fraction of sp³-hybridized carbons (Fsp3) is 0.500. The first kappa shape index (κ1) is 16.8. The lowest BCUT2D eigenvalue weighted by molar-refractivity contribution is -0.152. The van der Waals surface area contributed by atoms with Crippen molar-refractivity contribution in [3.8, 4) is 5.75 Å². The van der Waals surface area contributed by atoms with Crippen LogP contribution in [-0.2, 0) is 9.59 Å². The number of piperidine rings is 1. The molecule has 0 saturated carbocycles. The van der Waals surface area contributed by atoms with Crippen molar-refractivity contribution in [2.24, 2.45) is 0 Å². The number of amides is 1. The van der Waals surface area contributed by atoms with Crippen molar-refractivity contribution in [1.82, 2.24) is 4.90 Å². The first-order chi connectivity index (χ1) is 10.6. The van der Waals surface area contributed by atoms with Crippen LogP contribution in [0.1, 0.15) is 32.1 Å². The molecule has 0 spiro atoms. The van der Waals surface area contributed by atoms with Gasteiger partial charge in [-0.05, 0) is 43.9 Å². The van der Waals surface area contributed by atoms with E-state index >= 15 is 0 Å². The van der Waals surface area contributed by atoms with Crippen molar-refractivity contribution < 1.29 is 19.4 Å². The third kappa shape index (κ3) is 4.73. The summed E-state index contributed by atoms with van der Waals surface area (Å²) >= 11 is 3.37. The summed E-state index contributed by atoms with van der Waals surface area (Å²) < 4.78 is 6.53. The minimum Gasteiger partial charge on any atom is -0.494 e. The van der Waals surface area contributed by atoms with E-state index in [4.69, 9.17) is 4.74 Å². The zero-order valence-electron chi connectivity index (χ0n) is 12.3. The molecule has 1 aromatic rings. The van der Waals surface area contributed by atoms with E-state index in [9.17, 15) is 14.7 Å². The van der Waals surface area contributed by atoms with Crippen LogP contribution in [0.3, 0.4) is 0 Å². The Morgan fingerprint density at radius 3 is 2.91 bits per heavy atom. The second kappa shape index (κ2) is 8.17. The van der Waals surface area contributed by atoms with E-state index in [1.54, 1.807) is 0 Å². The van der Waals surface area contributed by atoms with Crippen molar-refractivity contribution in [2.45, 2.75) is 38.1 Å². The number of halogens is 1. The smallest absolute Gasteiger partial charge is 0.326 e. The van der Waals surface area contributed by atoms with Gasteiger partial charge in [0, 0.05) is 17.4 Å². The van der Waals surface area contributed by atoms with Crippen LogP contribution in [0.4, 0.5) is 0 Å². The highest BCUT2D eigenvalue weighted by molar-refractivity contribution is 9.10. The van der Waals surface area contributed by atoms with Crippen molar-refractivity contribution in [3.05, 3.63) is 28.7 Å². The average Bonchev–Trinajstić information content (AvgIpc) is 2.51. The monoisotopic (exact) mass is 369 g/mol. The molecule has 1 fully saturated rings. The van der Waals surface area contributed by atoms with Crippen LogP contribution in [0, 0.1) is 0 Å². The maximum atomic E-state index is 12.2. The number of carbonyl (C=O) groups is 2. The third-order valence-electron chi connectivity index (χ3n) is 3.71. The number of ether oxygens (including phenoxy) is 1. The van der Waals surface area contributed by atoms with Gasteiger partial charge in [-0.3, -0.25) is 4.79 Å². The van der Waals surface area contributed by atoms with E-state index in [-0.39, 0.29) is 5.91 Å². The molecule has 1 unspecified atom stereocenters. The number of nitrogens with zero attached hydrogens (tertiary/aromatic N) is 1. The van der Waals surface area contributed by atoms with Gasteiger partial charge in [0.1, 0.15) is 11.8 Å². The first-order valence-electron chi connectivity index (χ1n) is 7.48. The summed E-state index contributed by atoms with van der Waals surface area (Å²) in [6.45, 7) is 0.982. The molecular formula is C16H20BrNO4. The molecule has 6 heteroatoms. The van der Waals surface area contributed by atoms with Crippen molar-refractivity contribution in [2.75, 3.05) is 13.2 Å². The molecule has 1 aliphatic heterocycles. The predicted molar refractivity (Wildman–Crippen MR) is 85.9 cm³/mol. The molecule has 1 saturated heterocycles. The number of likely N-dealkylation sites (tertiary alicyclic amines) is 1. The molecule has 0 radical (unpaired) electrons. The molecular weight excluding hydrogens is 350 g/mol. The Balaban J connectivity index is 1.76. The zero-order valence-corrected chi connectivity index (χ0v) is 13.9. The van der Waals surface area contributed by atoms with E-state index in [0.29, 0.717) is 32.4 Å². The van der Waals surface area contributed by atoms with Crippen LogP contribution in [0.15, 0.2) is 28.7 Å². The standard InChI is InChI=1S/C16H20BrNO4/c17-12-5-3-6-13(11-12)22-10-4-8-15(19)18-9-2-1-7-14(18)16(20)21/h3,5-6,11,14H,1-2,4,7-10H2,(H,20,21). The van der Waals surface area contributed by atoms with E-state index < -0.39 is 12.0 Å². The number of rotatable bonds is 6. The molecule has 0 aromatic heterocycles. The largest absolute Gasteiger partial charge is 0.494 e. The van der Waals surface area contributed by atoms with Gasteiger partial charge < -0.3 is 14.7 Å². The summed E-state index contributed by atoms with van der Waals surface area (Å²) in [7, 11) is 0. The summed E-state index contributed by atoms with van der Waals surface area (Å²) in [4.78, 5) is 24.9. The molecule has 22 heavy (non-hydrogen) atoms. The van der Waals surface area contributed by atoms with Crippen molar-refractivity contribution in [3.63, 3.8) is 0 Å². The Bertz CT molecular complexity index is 535. The molecule has 1 N–H and O–H groups in total. The number of carboxylic acids is 1. The second-order valence-corrected chi connectivity index (χ2v) is 6.26. The molecule has 1 amide bonds. The Morgan fingerprint density at radius 2 is 2.18 bits per heavy atom. The van der Waals surface area contributed by atoms with Gasteiger partial charge in [-0.2, -0.15) is 0 Å². The third-order valence-corrected chi connectivity index (χ3v) is 4.20. The minimum atomic E-state index is -0.904. The Morgan fingerprint density at radius 1 is 1.36 bits per heavy atom. The van der Waals surface area contributed by atoms with Crippen LogP contribution in [0.25, 0.3) is 0 Å². The highest BCUT2D eigenvalue weighted by atomic mass is 79.9.